The lowest BCUT2D eigenvalue weighted by atomic mass is 10.1. The van der Waals surface area contributed by atoms with Gasteiger partial charge in [0.1, 0.15) is 17.3 Å². The Morgan fingerprint density at radius 2 is 2.00 bits per heavy atom. The maximum Gasteiger partial charge on any atom is 0.139 e. The summed E-state index contributed by atoms with van der Waals surface area (Å²) in [4.78, 5) is -0.137. The molecule has 0 saturated heterocycles. The van der Waals surface area contributed by atoms with E-state index in [1.165, 1.54) is 0 Å². The first-order valence-corrected chi connectivity index (χ1v) is 7.52. The SMILES string of the molecule is CCOc1cc(Cl)c(C(Br)c2ccc(C)o2)cc1Cl. The number of aryl methyl sites for hydroxylation is 1. The maximum atomic E-state index is 6.28. The number of hydrogen-bond donors (Lipinski definition) is 0. The van der Waals surface area contributed by atoms with Crippen molar-refractivity contribution in [2.75, 3.05) is 6.61 Å². The van der Waals surface area contributed by atoms with Crippen molar-refractivity contribution in [2.45, 2.75) is 18.7 Å². The van der Waals surface area contributed by atoms with Gasteiger partial charge in [-0.1, -0.05) is 39.1 Å². The lowest BCUT2D eigenvalue weighted by molar-refractivity contribution is 0.340. The van der Waals surface area contributed by atoms with Crippen LogP contribution in [0.2, 0.25) is 10.0 Å². The Labute approximate surface area is 130 Å². The molecule has 0 bridgehead atoms. The van der Waals surface area contributed by atoms with E-state index < -0.39 is 0 Å². The molecule has 0 N–H and O–H groups in total. The number of furan rings is 1. The van der Waals surface area contributed by atoms with Crippen LogP contribution in [0.25, 0.3) is 0 Å². The zero-order valence-corrected chi connectivity index (χ0v) is 13.6. The van der Waals surface area contributed by atoms with Crippen LogP contribution in [-0.4, -0.2) is 6.61 Å². The first-order chi connectivity index (χ1) is 9.02. The van der Waals surface area contributed by atoms with Crippen molar-refractivity contribution in [2.24, 2.45) is 0 Å². The van der Waals surface area contributed by atoms with Gasteiger partial charge >= 0.3 is 0 Å². The summed E-state index contributed by atoms with van der Waals surface area (Å²) in [5.74, 6) is 2.24. The normalized spacial score (nSPS) is 12.5. The third-order valence-corrected chi connectivity index (χ3v) is 4.20. The zero-order valence-electron chi connectivity index (χ0n) is 10.5. The Morgan fingerprint density at radius 1 is 1.26 bits per heavy atom. The van der Waals surface area contributed by atoms with E-state index in [0.29, 0.717) is 22.4 Å². The molecule has 0 aliphatic heterocycles. The molecule has 2 rings (SSSR count). The molecule has 2 aromatic rings. The second kappa shape index (κ2) is 6.21. The Kier molecular flexibility index (Phi) is 4.82. The van der Waals surface area contributed by atoms with Gasteiger partial charge in [-0.05, 0) is 37.6 Å². The third-order valence-electron chi connectivity index (χ3n) is 2.64. The van der Waals surface area contributed by atoms with Crippen LogP contribution < -0.4 is 4.74 Å². The van der Waals surface area contributed by atoms with Gasteiger partial charge in [0.15, 0.2) is 0 Å². The fraction of sp³-hybridized carbons (Fsp3) is 0.286. The summed E-state index contributed by atoms with van der Waals surface area (Å²) in [5, 5.41) is 1.12. The van der Waals surface area contributed by atoms with E-state index in [1.807, 2.05) is 26.0 Å². The van der Waals surface area contributed by atoms with Gasteiger partial charge in [-0.25, -0.2) is 0 Å². The molecule has 1 aromatic carbocycles. The Bertz CT molecular complexity index is 581. The van der Waals surface area contributed by atoms with Gasteiger partial charge < -0.3 is 9.15 Å². The molecule has 0 fully saturated rings. The van der Waals surface area contributed by atoms with E-state index in [-0.39, 0.29) is 4.83 Å². The monoisotopic (exact) mass is 362 g/mol. The number of rotatable bonds is 4. The van der Waals surface area contributed by atoms with Crippen LogP contribution in [0.1, 0.15) is 28.8 Å². The third kappa shape index (κ3) is 3.28. The molecule has 0 amide bonds. The number of halogens is 3. The Morgan fingerprint density at radius 3 is 2.58 bits per heavy atom. The minimum Gasteiger partial charge on any atom is -0.492 e. The summed E-state index contributed by atoms with van der Waals surface area (Å²) in [7, 11) is 0. The summed E-state index contributed by atoms with van der Waals surface area (Å²) < 4.78 is 11.0. The smallest absolute Gasteiger partial charge is 0.139 e. The van der Waals surface area contributed by atoms with Crippen LogP contribution >= 0.6 is 39.1 Å². The fourth-order valence-corrected chi connectivity index (χ4v) is 2.99. The largest absolute Gasteiger partial charge is 0.492 e. The van der Waals surface area contributed by atoms with Crippen molar-refractivity contribution in [3.63, 3.8) is 0 Å². The minimum absolute atomic E-state index is 0.137. The Hall–Kier alpha value is -0.640. The number of hydrogen-bond acceptors (Lipinski definition) is 2. The molecule has 102 valence electrons. The molecule has 0 spiro atoms. The molecule has 1 heterocycles. The highest BCUT2D eigenvalue weighted by Gasteiger charge is 2.19. The van der Waals surface area contributed by atoms with E-state index in [2.05, 4.69) is 15.9 Å². The molecule has 1 unspecified atom stereocenters. The van der Waals surface area contributed by atoms with Crippen molar-refractivity contribution in [1.82, 2.24) is 0 Å². The lowest BCUT2D eigenvalue weighted by Gasteiger charge is -2.13. The topological polar surface area (TPSA) is 22.4 Å². The van der Waals surface area contributed by atoms with E-state index >= 15 is 0 Å². The molecule has 2 nitrogen and oxygen atoms in total. The quantitative estimate of drug-likeness (QED) is 0.642. The van der Waals surface area contributed by atoms with E-state index in [4.69, 9.17) is 32.4 Å². The second-order valence-electron chi connectivity index (χ2n) is 4.05. The first kappa shape index (κ1) is 14.8. The standard InChI is InChI=1S/C14H13BrCl2O2/c1-3-18-13-7-10(16)9(6-11(13)17)14(15)12-5-4-8(2)19-12/h4-7,14H,3H2,1-2H3. The molecule has 0 aliphatic rings. The zero-order chi connectivity index (χ0) is 14.0. The molecular weight excluding hydrogens is 351 g/mol. The van der Waals surface area contributed by atoms with Gasteiger partial charge in [-0.3, -0.25) is 0 Å². The van der Waals surface area contributed by atoms with Crippen molar-refractivity contribution in [3.8, 4) is 5.75 Å². The Balaban J connectivity index is 2.37. The van der Waals surface area contributed by atoms with Crippen LogP contribution in [0.5, 0.6) is 5.75 Å². The van der Waals surface area contributed by atoms with Gasteiger partial charge in [-0.2, -0.15) is 0 Å². The summed E-state index contributed by atoms with van der Waals surface area (Å²) in [6.45, 7) is 4.34. The summed E-state index contributed by atoms with van der Waals surface area (Å²) in [5.41, 5.74) is 0.851. The van der Waals surface area contributed by atoms with Gasteiger partial charge in [0.2, 0.25) is 0 Å². The first-order valence-electron chi connectivity index (χ1n) is 5.85. The van der Waals surface area contributed by atoms with Crippen molar-refractivity contribution >= 4 is 39.1 Å². The second-order valence-corrected chi connectivity index (χ2v) is 5.78. The molecule has 1 aromatic heterocycles. The average molecular weight is 364 g/mol. The molecule has 1 atom stereocenters. The highest BCUT2D eigenvalue weighted by atomic mass is 79.9. The van der Waals surface area contributed by atoms with Crippen molar-refractivity contribution in [1.29, 1.82) is 0 Å². The van der Waals surface area contributed by atoms with Crippen molar-refractivity contribution < 1.29 is 9.15 Å². The lowest BCUT2D eigenvalue weighted by Crippen LogP contribution is -1.96. The predicted molar refractivity (Wildman–Crippen MR) is 81.8 cm³/mol. The fourth-order valence-electron chi connectivity index (χ4n) is 1.75. The summed E-state index contributed by atoms with van der Waals surface area (Å²) >= 11 is 16.0. The van der Waals surface area contributed by atoms with Gasteiger partial charge in [-0.15, -0.1) is 0 Å². The van der Waals surface area contributed by atoms with Crippen LogP contribution in [0.3, 0.4) is 0 Å². The van der Waals surface area contributed by atoms with Crippen LogP contribution in [0, 0.1) is 6.92 Å². The maximum absolute atomic E-state index is 6.28. The molecule has 5 heteroatoms. The summed E-state index contributed by atoms with van der Waals surface area (Å²) in [6, 6.07) is 7.35. The minimum atomic E-state index is -0.137. The molecule has 19 heavy (non-hydrogen) atoms. The van der Waals surface area contributed by atoms with Crippen LogP contribution in [0.4, 0.5) is 0 Å². The molecule has 0 saturated carbocycles. The van der Waals surface area contributed by atoms with E-state index in [0.717, 1.165) is 17.1 Å². The highest BCUT2D eigenvalue weighted by Crippen LogP contribution is 2.40. The predicted octanol–water partition coefficient (Wildman–Crippen LogP) is 5.78. The number of benzene rings is 1. The van der Waals surface area contributed by atoms with Gasteiger partial charge in [0, 0.05) is 11.1 Å². The molecule has 0 aliphatic carbocycles. The van der Waals surface area contributed by atoms with E-state index in [9.17, 15) is 0 Å². The van der Waals surface area contributed by atoms with Crippen LogP contribution in [-0.2, 0) is 0 Å². The number of ether oxygens (including phenoxy) is 1. The van der Waals surface area contributed by atoms with E-state index in [1.54, 1.807) is 12.1 Å². The molecular formula is C14H13BrCl2O2. The van der Waals surface area contributed by atoms with Gasteiger partial charge in [0.25, 0.3) is 0 Å². The summed E-state index contributed by atoms with van der Waals surface area (Å²) in [6.07, 6.45) is 0. The molecule has 0 radical (unpaired) electrons. The van der Waals surface area contributed by atoms with Gasteiger partial charge in [0.05, 0.1) is 16.5 Å². The number of alkyl halides is 1. The highest BCUT2D eigenvalue weighted by molar-refractivity contribution is 9.09. The average Bonchev–Trinajstić information content (AvgIpc) is 2.79. The van der Waals surface area contributed by atoms with Crippen LogP contribution in [0.15, 0.2) is 28.7 Å². The van der Waals surface area contributed by atoms with Crippen molar-refractivity contribution in [3.05, 3.63) is 51.4 Å².